The Kier molecular flexibility index (Phi) is 28.1. The quantitative estimate of drug-likeness (QED) is 0.133. The van der Waals surface area contributed by atoms with Gasteiger partial charge in [0.2, 0.25) is 0 Å². The summed E-state index contributed by atoms with van der Waals surface area (Å²) in [5, 5.41) is 0. The second-order valence-electron chi connectivity index (χ2n) is 8.04. The molecule has 0 aromatic heterocycles. The number of alkyl halides is 1. The molecule has 0 N–H and O–H groups in total. The van der Waals surface area contributed by atoms with Gasteiger partial charge in [-0.1, -0.05) is 110 Å². The maximum atomic E-state index is 11.7. The van der Waals surface area contributed by atoms with E-state index >= 15 is 0 Å². The molecule has 0 heterocycles. The molecule has 29 heavy (non-hydrogen) atoms. The van der Waals surface area contributed by atoms with E-state index < -0.39 is 8.80 Å². The van der Waals surface area contributed by atoms with E-state index in [1.54, 1.807) is 21.3 Å². The van der Waals surface area contributed by atoms with Crippen LogP contribution in [0, 0.1) is 0 Å². The van der Waals surface area contributed by atoms with Gasteiger partial charge in [-0.05, 0) is 12.8 Å². The van der Waals surface area contributed by atoms with Crippen molar-refractivity contribution in [2.45, 2.75) is 129 Å². The molecule has 0 aliphatic carbocycles. The Bertz CT molecular complexity index is 269. The summed E-state index contributed by atoms with van der Waals surface area (Å²) < 4.78 is 27.8. The second kappa shape index (κ2) is 26.1. The Hall–Kier alpha value is 0.0269. The maximum absolute atomic E-state index is 11.7. The highest BCUT2D eigenvalue weighted by Crippen LogP contribution is 2.18. The first-order valence-electron chi connectivity index (χ1n) is 12.4. The fourth-order valence-electron chi connectivity index (χ4n) is 3.44. The SMILES string of the molecule is CCCCCCCCCCCCCF.CCCCCCCC[Si](OC)(OC)OC. The lowest BCUT2D eigenvalue weighted by Crippen LogP contribution is -2.42. The first-order chi connectivity index (χ1) is 14.2. The van der Waals surface area contributed by atoms with Crippen molar-refractivity contribution in [2.75, 3.05) is 28.0 Å². The third-order valence-electron chi connectivity index (χ3n) is 5.51. The molecular weight excluding hydrogens is 383 g/mol. The minimum absolute atomic E-state index is 0.128. The van der Waals surface area contributed by atoms with Crippen LogP contribution in [-0.4, -0.2) is 36.8 Å². The van der Waals surface area contributed by atoms with Gasteiger partial charge in [0, 0.05) is 27.4 Å². The molecule has 0 saturated heterocycles. The molecule has 0 atom stereocenters. The third kappa shape index (κ3) is 22.5. The van der Waals surface area contributed by atoms with Gasteiger partial charge in [-0.25, -0.2) is 0 Å². The molecular formula is C24H53FO3Si. The van der Waals surface area contributed by atoms with Crippen LogP contribution in [0.3, 0.4) is 0 Å². The molecule has 0 radical (unpaired) electrons. The lowest BCUT2D eigenvalue weighted by molar-refractivity contribution is 0.122. The Labute approximate surface area is 183 Å². The summed E-state index contributed by atoms with van der Waals surface area (Å²) in [6, 6.07) is 0.933. The van der Waals surface area contributed by atoms with E-state index in [9.17, 15) is 4.39 Å². The lowest BCUT2D eigenvalue weighted by atomic mass is 10.1. The van der Waals surface area contributed by atoms with Gasteiger partial charge in [-0.3, -0.25) is 4.39 Å². The monoisotopic (exact) mass is 436 g/mol. The largest absolute Gasteiger partial charge is 0.500 e. The van der Waals surface area contributed by atoms with E-state index in [2.05, 4.69) is 13.8 Å². The second-order valence-corrected chi connectivity index (χ2v) is 11.1. The van der Waals surface area contributed by atoms with Crippen molar-refractivity contribution in [1.82, 2.24) is 0 Å². The van der Waals surface area contributed by atoms with E-state index in [0.717, 1.165) is 25.3 Å². The Balaban J connectivity index is 0. The summed E-state index contributed by atoms with van der Waals surface area (Å²) in [4.78, 5) is 0. The first-order valence-corrected chi connectivity index (χ1v) is 14.3. The molecule has 0 amide bonds. The molecule has 0 aromatic carbocycles. The molecule has 0 bridgehead atoms. The Morgan fingerprint density at radius 1 is 0.483 bits per heavy atom. The summed E-state index contributed by atoms with van der Waals surface area (Å²) >= 11 is 0. The maximum Gasteiger partial charge on any atom is 0.500 e. The van der Waals surface area contributed by atoms with Crippen LogP contribution >= 0.6 is 0 Å². The van der Waals surface area contributed by atoms with Crippen molar-refractivity contribution >= 4 is 8.80 Å². The highest BCUT2D eigenvalue weighted by molar-refractivity contribution is 6.60. The van der Waals surface area contributed by atoms with Crippen molar-refractivity contribution < 1.29 is 17.7 Å². The van der Waals surface area contributed by atoms with Crippen LogP contribution in [0.4, 0.5) is 4.39 Å². The zero-order chi connectivity index (χ0) is 22.1. The minimum atomic E-state index is -2.29. The normalized spacial score (nSPS) is 11.4. The number of rotatable bonds is 21. The van der Waals surface area contributed by atoms with Crippen molar-refractivity contribution in [3.63, 3.8) is 0 Å². The molecule has 0 aliphatic heterocycles. The van der Waals surface area contributed by atoms with E-state index in [-0.39, 0.29) is 6.67 Å². The van der Waals surface area contributed by atoms with E-state index in [0.29, 0.717) is 0 Å². The summed E-state index contributed by atoms with van der Waals surface area (Å²) in [5.41, 5.74) is 0. The molecule has 3 nitrogen and oxygen atoms in total. The third-order valence-corrected chi connectivity index (χ3v) is 8.34. The number of hydrogen-bond donors (Lipinski definition) is 0. The van der Waals surface area contributed by atoms with Gasteiger partial charge in [0.15, 0.2) is 0 Å². The Morgan fingerprint density at radius 3 is 1.10 bits per heavy atom. The van der Waals surface area contributed by atoms with Crippen LogP contribution in [0.2, 0.25) is 6.04 Å². The molecule has 0 fully saturated rings. The summed E-state index contributed by atoms with van der Waals surface area (Å²) in [6.07, 6.45) is 21.8. The minimum Gasteiger partial charge on any atom is -0.377 e. The van der Waals surface area contributed by atoms with Crippen LogP contribution in [-0.2, 0) is 13.3 Å². The van der Waals surface area contributed by atoms with Crippen molar-refractivity contribution in [1.29, 1.82) is 0 Å². The van der Waals surface area contributed by atoms with Crippen LogP contribution in [0.5, 0.6) is 0 Å². The molecule has 0 spiro atoms. The molecule has 0 saturated carbocycles. The highest BCUT2D eigenvalue weighted by Gasteiger charge is 2.36. The fraction of sp³-hybridized carbons (Fsp3) is 1.00. The molecule has 178 valence electrons. The predicted molar refractivity (Wildman–Crippen MR) is 127 cm³/mol. The standard InChI is InChI=1S/C13H27F.C11H26O3Si/c1-2-3-4-5-6-7-8-9-10-11-12-13-14;1-5-6-7-8-9-10-11-15(12-2,13-3)14-4/h2-13H2,1H3;5-11H2,1-4H3. The van der Waals surface area contributed by atoms with Crippen LogP contribution in [0.25, 0.3) is 0 Å². The average Bonchev–Trinajstić information content (AvgIpc) is 2.76. The van der Waals surface area contributed by atoms with Crippen molar-refractivity contribution in [3.8, 4) is 0 Å². The molecule has 5 heteroatoms. The van der Waals surface area contributed by atoms with Gasteiger partial charge in [0.1, 0.15) is 0 Å². The highest BCUT2D eigenvalue weighted by atomic mass is 28.4. The predicted octanol–water partition coefficient (Wildman–Crippen LogP) is 8.49. The van der Waals surface area contributed by atoms with Gasteiger partial charge in [0.05, 0.1) is 6.67 Å². The number of hydrogen-bond acceptors (Lipinski definition) is 3. The fourth-order valence-corrected chi connectivity index (χ4v) is 5.23. The molecule has 0 aromatic rings. The Morgan fingerprint density at radius 2 is 0.793 bits per heavy atom. The van der Waals surface area contributed by atoms with Crippen molar-refractivity contribution in [2.24, 2.45) is 0 Å². The number of halogens is 1. The average molecular weight is 437 g/mol. The topological polar surface area (TPSA) is 27.7 Å². The smallest absolute Gasteiger partial charge is 0.377 e. The summed E-state index contributed by atoms with van der Waals surface area (Å²) in [7, 11) is 2.74. The molecule has 0 unspecified atom stereocenters. The molecule has 0 aliphatic rings. The van der Waals surface area contributed by atoms with Crippen LogP contribution in [0.1, 0.15) is 123 Å². The number of unbranched alkanes of at least 4 members (excludes halogenated alkanes) is 15. The van der Waals surface area contributed by atoms with Crippen LogP contribution < -0.4 is 0 Å². The van der Waals surface area contributed by atoms with Gasteiger partial charge in [-0.15, -0.1) is 0 Å². The van der Waals surface area contributed by atoms with E-state index in [4.69, 9.17) is 13.3 Å². The zero-order valence-corrected chi connectivity index (χ0v) is 21.5. The first kappa shape index (κ1) is 31.2. The van der Waals surface area contributed by atoms with Gasteiger partial charge < -0.3 is 13.3 Å². The zero-order valence-electron chi connectivity index (χ0n) is 20.5. The van der Waals surface area contributed by atoms with Gasteiger partial charge >= 0.3 is 8.80 Å². The molecule has 0 rings (SSSR count). The van der Waals surface area contributed by atoms with Crippen molar-refractivity contribution in [3.05, 3.63) is 0 Å². The lowest BCUT2D eigenvalue weighted by Gasteiger charge is -2.24. The van der Waals surface area contributed by atoms with E-state index in [1.165, 1.54) is 89.9 Å². The van der Waals surface area contributed by atoms with Crippen LogP contribution in [0.15, 0.2) is 0 Å². The summed E-state index contributed by atoms with van der Waals surface area (Å²) in [5.74, 6) is 0. The van der Waals surface area contributed by atoms with Gasteiger partial charge in [-0.2, -0.15) is 0 Å². The summed E-state index contributed by atoms with van der Waals surface area (Å²) in [6.45, 7) is 4.36. The van der Waals surface area contributed by atoms with Gasteiger partial charge in [0.25, 0.3) is 0 Å². The van der Waals surface area contributed by atoms with E-state index in [1.807, 2.05) is 0 Å².